The van der Waals surface area contributed by atoms with Gasteiger partial charge in [-0.3, -0.25) is 14.4 Å². The molecule has 0 aromatic rings. The average molecular weight is 273 g/mol. The van der Waals surface area contributed by atoms with Crippen LogP contribution in [0.4, 0.5) is 0 Å². The summed E-state index contributed by atoms with van der Waals surface area (Å²) in [5.74, 6) is -1.84. The van der Waals surface area contributed by atoms with Gasteiger partial charge in [0.2, 0.25) is 0 Å². The first-order chi connectivity index (χ1) is 8.85. The van der Waals surface area contributed by atoms with Crippen LogP contribution in [0.1, 0.15) is 27.2 Å². The Morgan fingerprint density at radius 1 is 1.05 bits per heavy atom. The molecule has 8 nitrogen and oxygen atoms in total. The molecule has 0 spiro atoms. The maximum atomic E-state index is 11.1. The summed E-state index contributed by atoms with van der Waals surface area (Å²) < 4.78 is 14.9. The van der Waals surface area contributed by atoms with Crippen LogP contribution in [-0.2, 0) is 28.6 Å². The Morgan fingerprint density at radius 3 is 2.00 bits per heavy atom. The van der Waals surface area contributed by atoms with Crippen molar-refractivity contribution in [3.05, 3.63) is 0 Å². The van der Waals surface area contributed by atoms with Crippen molar-refractivity contribution in [1.82, 2.24) is 0 Å². The van der Waals surface area contributed by atoms with E-state index in [1.165, 1.54) is 20.8 Å². The molecule has 1 saturated carbocycles. The van der Waals surface area contributed by atoms with E-state index in [1.807, 2.05) is 0 Å². The first-order valence-electron chi connectivity index (χ1n) is 5.57. The zero-order chi connectivity index (χ0) is 14.6. The van der Waals surface area contributed by atoms with Gasteiger partial charge in [-0.1, -0.05) is 5.16 Å². The molecule has 0 bridgehead atoms. The Labute approximate surface area is 109 Å². The lowest BCUT2D eigenvalue weighted by molar-refractivity contribution is -0.172. The molecule has 8 heteroatoms. The molecule has 1 aliphatic rings. The maximum absolute atomic E-state index is 11.1. The van der Waals surface area contributed by atoms with Crippen LogP contribution in [0, 0.1) is 0 Å². The van der Waals surface area contributed by atoms with Gasteiger partial charge in [0.25, 0.3) is 0 Å². The van der Waals surface area contributed by atoms with Crippen LogP contribution < -0.4 is 0 Å². The second kappa shape index (κ2) is 6.17. The number of hydrogen-bond acceptors (Lipinski definition) is 8. The number of rotatable bonds is 3. The Balaban J connectivity index is 2.97. The van der Waals surface area contributed by atoms with Gasteiger partial charge in [0, 0.05) is 27.2 Å². The quantitative estimate of drug-likeness (QED) is 0.334. The van der Waals surface area contributed by atoms with Gasteiger partial charge >= 0.3 is 17.9 Å². The Bertz CT molecular complexity index is 417. The molecule has 0 aromatic carbocycles. The number of esters is 3. The molecular formula is C11H15NO7. The predicted octanol–water partition coefficient (Wildman–Crippen LogP) is 0.0154. The van der Waals surface area contributed by atoms with Crippen LogP contribution in [0.25, 0.3) is 0 Å². The normalized spacial score (nSPS) is 27.9. The lowest BCUT2D eigenvalue weighted by Crippen LogP contribution is -2.39. The molecule has 0 saturated heterocycles. The Kier molecular flexibility index (Phi) is 4.85. The van der Waals surface area contributed by atoms with Crippen LogP contribution in [0.5, 0.6) is 0 Å². The van der Waals surface area contributed by atoms with Crippen molar-refractivity contribution >= 4 is 23.6 Å². The zero-order valence-electron chi connectivity index (χ0n) is 10.8. The van der Waals surface area contributed by atoms with Crippen LogP contribution in [0.2, 0.25) is 0 Å². The van der Waals surface area contributed by atoms with Gasteiger partial charge in [-0.15, -0.1) is 0 Å². The minimum absolute atomic E-state index is 0.0198. The van der Waals surface area contributed by atoms with Gasteiger partial charge < -0.3 is 19.4 Å². The molecule has 0 radical (unpaired) electrons. The van der Waals surface area contributed by atoms with Gasteiger partial charge in [-0.2, -0.15) is 0 Å². The lowest BCUT2D eigenvalue weighted by atomic mass is 10.2. The second-order valence-corrected chi connectivity index (χ2v) is 4.05. The third-order valence-electron chi connectivity index (χ3n) is 2.44. The van der Waals surface area contributed by atoms with Crippen molar-refractivity contribution in [2.24, 2.45) is 5.16 Å². The molecular weight excluding hydrogens is 258 g/mol. The Hall–Kier alpha value is -2.12. The number of oxime groups is 1. The number of ether oxygens (including phenoxy) is 3. The SMILES string of the molecule is CC(=O)O[C@@H]1[C@H](OC(C)=O)C/C(=N\O)[C@@H]1OC(C)=O. The molecule has 0 amide bonds. The number of hydrogen-bond donors (Lipinski definition) is 1. The van der Waals surface area contributed by atoms with E-state index in [9.17, 15) is 14.4 Å². The van der Waals surface area contributed by atoms with E-state index in [-0.39, 0.29) is 12.1 Å². The molecule has 0 heterocycles. The second-order valence-electron chi connectivity index (χ2n) is 4.05. The molecule has 1 N–H and O–H groups in total. The van der Waals surface area contributed by atoms with Gasteiger partial charge in [0.05, 0.1) is 0 Å². The standard InChI is InChI=1S/C11H15NO7/c1-5(13)17-9-4-8(12-16)10(18-6(2)14)11(9)19-7(3)15/h9-11,16H,4H2,1-3H3/b12-8+/t9-,10+,11-/m1/s1. The first kappa shape index (κ1) is 14.9. The summed E-state index contributed by atoms with van der Waals surface area (Å²) in [6, 6.07) is 0. The zero-order valence-corrected chi connectivity index (χ0v) is 10.8. The van der Waals surface area contributed by atoms with Crippen LogP contribution in [-0.4, -0.2) is 47.1 Å². The molecule has 1 fully saturated rings. The minimum atomic E-state index is -1.06. The third kappa shape index (κ3) is 3.94. The topological polar surface area (TPSA) is 111 Å². The fourth-order valence-electron chi connectivity index (χ4n) is 1.89. The smallest absolute Gasteiger partial charge is 0.303 e. The fourth-order valence-corrected chi connectivity index (χ4v) is 1.89. The summed E-state index contributed by atoms with van der Waals surface area (Å²) >= 11 is 0. The van der Waals surface area contributed by atoms with E-state index in [1.54, 1.807) is 0 Å². The van der Waals surface area contributed by atoms with Gasteiger partial charge in [-0.05, 0) is 0 Å². The molecule has 0 aromatic heterocycles. The highest BCUT2D eigenvalue weighted by Gasteiger charge is 2.48. The number of carbonyl (C=O) groups is 3. The average Bonchev–Trinajstić information content (AvgIpc) is 2.55. The lowest BCUT2D eigenvalue weighted by Gasteiger charge is -2.23. The molecule has 3 atom stereocenters. The summed E-state index contributed by atoms with van der Waals surface area (Å²) in [4.78, 5) is 33.0. The number of carbonyl (C=O) groups excluding carboxylic acids is 3. The third-order valence-corrected chi connectivity index (χ3v) is 2.44. The predicted molar refractivity (Wildman–Crippen MR) is 60.5 cm³/mol. The molecule has 1 rings (SSSR count). The molecule has 19 heavy (non-hydrogen) atoms. The number of nitrogens with zero attached hydrogens (tertiary/aromatic N) is 1. The van der Waals surface area contributed by atoms with Crippen LogP contribution >= 0.6 is 0 Å². The summed E-state index contributed by atoms with van der Waals surface area (Å²) in [6.45, 7) is 3.53. The Morgan fingerprint density at radius 2 is 1.58 bits per heavy atom. The highest BCUT2D eigenvalue weighted by Crippen LogP contribution is 2.27. The molecule has 0 unspecified atom stereocenters. The van der Waals surface area contributed by atoms with E-state index < -0.39 is 36.2 Å². The summed E-state index contributed by atoms with van der Waals surface area (Å²) in [6.07, 6.45) is -2.91. The molecule has 1 aliphatic carbocycles. The molecule has 0 aliphatic heterocycles. The van der Waals surface area contributed by atoms with Crippen molar-refractivity contribution in [3.63, 3.8) is 0 Å². The van der Waals surface area contributed by atoms with Crippen molar-refractivity contribution in [2.45, 2.75) is 45.5 Å². The van der Waals surface area contributed by atoms with Crippen LogP contribution in [0.3, 0.4) is 0 Å². The summed E-state index contributed by atoms with van der Waals surface area (Å²) in [5, 5.41) is 11.9. The van der Waals surface area contributed by atoms with Gasteiger partial charge in [0.15, 0.2) is 12.2 Å². The highest BCUT2D eigenvalue weighted by atomic mass is 16.6. The van der Waals surface area contributed by atoms with Crippen molar-refractivity contribution in [1.29, 1.82) is 0 Å². The van der Waals surface area contributed by atoms with E-state index in [0.29, 0.717) is 0 Å². The minimum Gasteiger partial charge on any atom is -0.458 e. The van der Waals surface area contributed by atoms with Gasteiger partial charge in [-0.25, -0.2) is 0 Å². The summed E-state index contributed by atoms with van der Waals surface area (Å²) in [7, 11) is 0. The van der Waals surface area contributed by atoms with E-state index in [4.69, 9.17) is 19.4 Å². The summed E-state index contributed by atoms with van der Waals surface area (Å²) in [5.41, 5.74) is 0.0766. The van der Waals surface area contributed by atoms with E-state index in [0.717, 1.165) is 0 Å². The van der Waals surface area contributed by atoms with E-state index in [2.05, 4.69) is 5.16 Å². The van der Waals surface area contributed by atoms with Crippen molar-refractivity contribution < 1.29 is 33.8 Å². The van der Waals surface area contributed by atoms with Gasteiger partial charge in [0.1, 0.15) is 11.8 Å². The fraction of sp³-hybridized carbons (Fsp3) is 0.636. The maximum Gasteiger partial charge on any atom is 0.303 e. The van der Waals surface area contributed by atoms with Crippen molar-refractivity contribution in [2.75, 3.05) is 0 Å². The van der Waals surface area contributed by atoms with Crippen molar-refractivity contribution in [3.8, 4) is 0 Å². The molecule has 106 valence electrons. The highest BCUT2D eigenvalue weighted by molar-refractivity contribution is 5.94. The van der Waals surface area contributed by atoms with Crippen LogP contribution in [0.15, 0.2) is 5.16 Å². The first-order valence-corrected chi connectivity index (χ1v) is 5.57. The largest absolute Gasteiger partial charge is 0.458 e. The monoisotopic (exact) mass is 273 g/mol. The van der Waals surface area contributed by atoms with E-state index >= 15 is 0 Å².